The molecule has 0 spiro atoms. The highest BCUT2D eigenvalue weighted by Gasteiger charge is 2.46. The molecule has 1 atom stereocenters. The van der Waals surface area contributed by atoms with Crippen LogP contribution in [0.4, 0.5) is 0 Å². The molecule has 2 heterocycles. The third-order valence-electron chi connectivity index (χ3n) is 8.35. The molecule has 0 radical (unpaired) electrons. The van der Waals surface area contributed by atoms with Crippen molar-refractivity contribution in [2.45, 2.75) is 33.1 Å². The summed E-state index contributed by atoms with van der Waals surface area (Å²) in [5.74, 6) is 0.764. The Hall–Kier alpha value is -4.89. The first kappa shape index (κ1) is 25.1. The Labute approximate surface area is 241 Å². The van der Waals surface area contributed by atoms with Gasteiger partial charge in [0.15, 0.2) is 5.82 Å². The molecule has 0 saturated carbocycles. The van der Waals surface area contributed by atoms with Crippen molar-refractivity contribution in [1.29, 1.82) is 0 Å². The molecule has 0 saturated heterocycles. The minimum absolute atomic E-state index is 0.476. The maximum absolute atomic E-state index is 4.73. The molecule has 0 amide bonds. The molecular formula is C38H31N3. The molecule has 2 aromatic heterocycles. The highest BCUT2D eigenvalue weighted by Crippen LogP contribution is 2.58. The lowest BCUT2D eigenvalue weighted by Gasteiger charge is -2.34. The topological polar surface area (TPSA) is 38.7 Å². The molecule has 41 heavy (non-hydrogen) atoms. The summed E-state index contributed by atoms with van der Waals surface area (Å²) in [5.41, 5.74) is 14.7. The Balaban J connectivity index is 1.53. The summed E-state index contributed by atoms with van der Waals surface area (Å²) in [6.07, 6.45) is 1.95. The number of hydrogen-bond acceptors (Lipinski definition) is 3. The van der Waals surface area contributed by atoms with Crippen molar-refractivity contribution in [2.24, 2.45) is 0 Å². The number of benzene rings is 4. The number of rotatable bonds is 4. The van der Waals surface area contributed by atoms with Crippen molar-refractivity contribution < 1.29 is 0 Å². The van der Waals surface area contributed by atoms with Crippen LogP contribution in [0.3, 0.4) is 0 Å². The van der Waals surface area contributed by atoms with Crippen LogP contribution in [0.5, 0.6) is 0 Å². The van der Waals surface area contributed by atoms with Gasteiger partial charge < -0.3 is 0 Å². The number of aryl methyl sites for hydroxylation is 4. The van der Waals surface area contributed by atoms with Crippen LogP contribution in [-0.2, 0) is 5.41 Å². The van der Waals surface area contributed by atoms with Gasteiger partial charge in [-0.05, 0) is 84.3 Å². The first-order valence-electron chi connectivity index (χ1n) is 14.1. The third kappa shape index (κ3) is 3.92. The zero-order valence-electron chi connectivity index (χ0n) is 23.8. The minimum atomic E-state index is -0.476. The summed E-state index contributed by atoms with van der Waals surface area (Å²) in [5, 5.41) is 0. The molecular weight excluding hydrogens is 498 g/mol. The Bertz CT molecular complexity index is 1900. The van der Waals surface area contributed by atoms with Gasteiger partial charge in [-0.1, -0.05) is 97.1 Å². The van der Waals surface area contributed by atoms with Gasteiger partial charge in [-0.3, -0.25) is 4.98 Å². The molecule has 3 heteroatoms. The fraction of sp³-hybridized carbons (Fsp3) is 0.132. The Morgan fingerprint density at radius 1 is 0.537 bits per heavy atom. The summed E-state index contributed by atoms with van der Waals surface area (Å²) in [6.45, 7) is 8.26. The van der Waals surface area contributed by atoms with E-state index in [1.807, 2.05) is 26.1 Å². The Morgan fingerprint density at radius 3 is 1.93 bits per heavy atom. The van der Waals surface area contributed by atoms with Gasteiger partial charge in [-0.25, -0.2) is 9.97 Å². The molecule has 4 aromatic carbocycles. The molecule has 3 nitrogen and oxygen atoms in total. The minimum Gasteiger partial charge on any atom is -0.261 e. The average molecular weight is 530 g/mol. The predicted molar refractivity (Wildman–Crippen MR) is 167 cm³/mol. The summed E-state index contributed by atoms with van der Waals surface area (Å²) in [7, 11) is 0. The molecule has 0 bridgehead atoms. The quantitative estimate of drug-likeness (QED) is 0.229. The smallest absolute Gasteiger partial charge is 0.159 e. The standard InChI is InChI=1S/C38H31N3/c1-24-21-33(27(4)39-23-24)31-14-10-16-35-36(31)32-13-8-9-15-34(32)38(35,29-11-6-5-7-12-29)30-19-17-28(18-20-30)37-40-25(2)22-26(3)41-37/h5-23H,1-4H3. The molecule has 0 N–H and O–H groups in total. The summed E-state index contributed by atoms with van der Waals surface area (Å²) < 4.78 is 0. The van der Waals surface area contributed by atoms with Crippen LogP contribution >= 0.6 is 0 Å². The van der Waals surface area contributed by atoms with E-state index in [4.69, 9.17) is 15.0 Å². The van der Waals surface area contributed by atoms with Gasteiger partial charge in [0.25, 0.3) is 0 Å². The monoisotopic (exact) mass is 529 g/mol. The molecule has 6 aromatic rings. The van der Waals surface area contributed by atoms with Crippen molar-refractivity contribution in [1.82, 2.24) is 15.0 Å². The van der Waals surface area contributed by atoms with E-state index < -0.39 is 5.41 Å². The first-order chi connectivity index (χ1) is 20.0. The second-order valence-corrected chi connectivity index (χ2v) is 11.1. The lowest BCUT2D eigenvalue weighted by atomic mass is 9.67. The van der Waals surface area contributed by atoms with E-state index in [2.05, 4.69) is 117 Å². The summed E-state index contributed by atoms with van der Waals surface area (Å²) in [4.78, 5) is 14.2. The first-order valence-corrected chi connectivity index (χ1v) is 14.1. The molecule has 1 aliphatic carbocycles. The highest BCUT2D eigenvalue weighted by atomic mass is 14.9. The molecule has 7 rings (SSSR count). The van der Waals surface area contributed by atoms with E-state index in [9.17, 15) is 0 Å². The number of fused-ring (bicyclic) bond motifs is 3. The zero-order chi connectivity index (χ0) is 28.1. The number of aromatic nitrogens is 3. The molecule has 1 aliphatic rings. The van der Waals surface area contributed by atoms with Gasteiger partial charge in [-0.15, -0.1) is 0 Å². The van der Waals surface area contributed by atoms with Crippen molar-refractivity contribution in [3.05, 3.63) is 160 Å². The lowest BCUT2D eigenvalue weighted by Crippen LogP contribution is -2.28. The van der Waals surface area contributed by atoms with Crippen LogP contribution in [0.1, 0.15) is 44.9 Å². The fourth-order valence-corrected chi connectivity index (χ4v) is 6.66. The van der Waals surface area contributed by atoms with Crippen LogP contribution in [0.2, 0.25) is 0 Å². The second-order valence-electron chi connectivity index (χ2n) is 11.1. The van der Waals surface area contributed by atoms with Crippen LogP contribution in [0.25, 0.3) is 33.6 Å². The van der Waals surface area contributed by atoms with Crippen LogP contribution in [0, 0.1) is 27.7 Å². The van der Waals surface area contributed by atoms with Crippen molar-refractivity contribution in [2.75, 3.05) is 0 Å². The van der Waals surface area contributed by atoms with E-state index in [1.54, 1.807) is 0 Å². The average Bonchev–Trinajstić information content (AvgIpc) is 3.30. The second kappa shape index (κ2) is 9.64. The summed E-state index contributed by atoms with van der Waals surface area (Å²) >= 11 is 0. The van der Waals surface area contributed by atoms with Gasteiger partial charge in [0.1, 0.15) is 0 Å². The maximum Gasteiger partial charge on any atom is 0.159 e. The largest absolute Gasteiger partial charge is 0.261 e. The van der Waals surface area contributed by atoms with Crippen molar-refractivity contribution in [3.8, 4) is 33.6 Å². The molecule has 1 unspecified atom stereocenters. The number of hydrogen-bond donors (Lipinski definition) is 0. The van der Waals surface area contributed by atoms with Gasteiger partial charge in [0, 0.05) is 34.4 Å². The van der Waals surface area contributed by atoms with Gasteiger partial charge in [-0.2, -0.15) is 0 Å². The van der Waals surface area contributed by atoms with E-state index >= 15 is 0 Å². The highest BCUT2D eigenvalue weighted by molar-refractivity contribution is 5.95. The van der Waals surface area contributed by atoms with Crippen LogP contribution in [-0.4, -0.2) is 15.0 Å². The fourth-order valence-electron chi connectivity index (χ4n) is 6.66. The van der Waals surface area contributed by atoms with Gasteiger partial charge in [0.2, 0.25) is 0 Å². The zero-order valence-corrected chi connectivity index (χ0v) is 23.8. The molecule has 0 aliphatic heterocycles. The van der Waals surface area contributed by atoms with Crippen LogP contribution in [0.15, 0.2) is 115 Å². The van der Waals surface area contributed by atoms with Crippen molar-refractivity contribution >= 4 is 0 Å². The van der Waals surface area contributed by atoms with Gasteiger partial charge in [0.05, 0.1) is 5.41 Å². The van der Waals surface area contributed by atoms with Crippen molar-refractivity contribution in [3.63, 3.8) is 0 Å². The third-order valence-corrected chi connectivity index (χ3v) is 8.35. The van der Waals surface area contributed by atoms with Crippen LogP contribution < -0.4 is 0 Å². The van der Waals surface area contributed by atoms with E-state index in [-0.39, 0.29) is 0 Å². The Morgan fingerprint density at radius 2 is 1.17 bits per heavy atom. The van der Waals surface area contributed by atoms with E-state index in [1.165, 1.54) is 44.5 Å². The Kier molecular flexibility index (Phi) is 5.90. The maximum atomic E-state index is 4.73. The molecule has 0 fully saturated rings. The predicted octanol–water partition coefficient (Wildman–Crippen LogP) is 8.80. The molecule has 198 valence electrons. The number of nitrogens with zero attached hydrogens (tertiary/aromatic N) is 3. The normalized spacial score (nSPS) is 15.4. The number of pyridine rings is 1. The summed E-state index contributed by atoms with van der Waals surface area (Å²) in [6, 6.07) is 39.7. The SMILES string of the molecule is Cc1cnc(C)c(-c2cccc3c2-c2ccccc2C3(c2ccccc2)c2ccc(-c3nc(C)cc(C)n3)cc2)c1. The van der Waals surface area contributed by atoms with E-state index in [0.717, 1.165) is 34.0 Å². The van der Waals surface area contributed by atoms with E-state index in [0.29, 0.717) is 0 Å². The lowest BCUT2D eigenvalue weighted by molar-refractivity contribution is 0.768. The van der Waals surface area contributed by atoms with Gasteiger partial charge >= 0.3 is 0 Å².